The van der Waals surface area contributed by atoms with Gasteiger partial charge >= 0.3 is 0 Å². The molecule has 0 aliphatic carbocycles. The van der Waals surface area contributed by atoms with Crippen LogP contribution >= 0.6 is 24.0 Å². The number of hydrogen-bond acceptors (Lipinski definition) is 3. The summed E-state index contributed by atoms with van der Waals surface area (Å²) < 4.78 is 2.13. The standard InChI is InChI=1S/C19H34N6O.HI/c1-4-21-19(24(3)15-17-9-6-11-23(17)2)22-10-7-13-25-12-5-8-16(14-25)18(20)26;/h6,9,11,16H,4-5,7-8,10,12-15H2,1-3H3,(H2,20,26)(H,21,22);1H. The summed E-state index contributed by atoms with van der Waals surface area (Å²) >= 11 is 0. The first-order chi connectivity index (χ1) is 12.5. The first-order valence-electron chi connectivity index (χ1n) is 9.62. The topological polar surface area (TPSA) is 78.9 Å². The van der Waals surface area contributed by atoms with Crippen LogP contribution in [0.2, 0.25) is 0 Å². The van der Waals surface area contributed by atoms with E-state index in [-0.39, 0.29) is 35.8 Å². The molecule has 1 unspecified atom stereocenters. The van der Waals surface area contributed by atoms with Gasteiger partial charge in [0.1, 0.15) is 0 Å². The maximum Gasteiger partial charge on any atom is 0.221 e. The molecule has 8 heteroatoms. The number of aliphatic imine (C=N–C) groups is 1. The zero-order valence-electron chi connectivity index (χ0n) is 16.9. The summed E-state index contributed by atoms with van der Waals surface area (Å²) in [5.41, 5.74) is 6.71. The zero-order valence-corrected chi connectivity index (χ0v) is 19.2. The van der Waals surface area contributed by atoms with Gasteiger partial charge in [0.05, 0.1) is 12.5 Å². The minimum Gasteiger partial charge on any atom is -0.369 e. The lowest BCUT2D eigenvalue weighted by Crippen LogP contribution is -2.41. The number of primary amides is 1. The zero-order chi connectivity index (χ0) is 18.9. The van der Waals surface area contributed by atoms with E-state index in [1.807, 2.05) is 0 Å². The molecule has 1 aromatic rings. The van der Waals surface area contributed by atoms with Crippen LogP contribution in [0.15, 0.2) is 23.3 Å². The third-order valence-corrected chi connectivity index (χ3v) is 4.95. The monoisotopic (exact) mass is 490 g/mol. The van der Waals surface area contributed by atoms with E-state index in [0.717, 1.165) is 64.5 Å². The minimum absolute atomic E-state index is 0. The Bertz CT molecular complexity index is 603. The molecule has 2 heterocycles. The number of aryl methyl sites for hydroxylation is 1. The molecule has 1 aromatic heterocycles. The number of nitrogens with two attached hydrogens (primary N) is 1. The van der Waals surface area contributed by atoms with Gasteiger partial charge in [-0.3, -0.25) is 9.79 Å². The molecule has 1 amide bonds. The van der Waals surface area contributed by atoms with E-state index in [2.05, 4.69) is 59.0 Å². The average molecular weight is 490 g/mol. The second kappa shape index (κ2) is 12.2. The Labute approximate surface area is 180 Å². The van der Waals surface area contributed by atoms with E-state index < -0.39 is 0 Å². The number of piperidine rings is 1. The summed E-state index contributed by atoms with van der Waals surface area (Å²) in [4.78, 5) is 20.6. The highest BCUT2D eigenvalue weighted by atomic mass is 127. The van der Waals surface area contributed by atoms with Crippen molar-refractivity contribution in [3.05, 3.63) is 24.0 Å². The summed E-state index contributed by atoms with van der Waals surface area (Å²) in [6.07, 6.45) is 5.03. The normalized spacial score (nSPS) is 18.0. The summed E-state index contributed by atoms with van der Waals surface area (Å²) in [6.45, 7) is 7.35. The fourth-order valence-electron chi connectivity index (χ4n) is 3.42. The largest absolute Gasteiger partial charge is 0.369 e. The van der Waals surface area contributed by atoms with Gasteiger partial charge < -0.3 is 25.4 Å². The van der Waals surface area contributed by atoms with Gasteiger partial charge in [0.15, 0.2) is 5.96 Å². The first-order valence-corrected chi connectivity index (χ1v) is 9.62. The van der Waals surface area contributed by atoms with Crippen LogP contribution in [0.25, 0.3) is 0 Å². The third-order valence-electron chi connectivity index (χ3n) is 4.95. The van der Waals surface area contributed by atoms with Crippen LogP contribution in [0.5, 0.6) is 0 Å². The van der Waals surface area contributed by atoms with Crippen molar-refractivity contribution < 1.29 is 4.79 Å². The lowest BCUT2D eigenvalue weighted by Gasteiger charge is -2.30. The maximum absolute atomic E-state index is 11.4. The summed E-state index contributed by atoms with van der Waals surface area (Å²) in [6, 6.07) is 4.19. The molecule has 0 bridgehead atoms. The number of halogens is 1. The van der Waals surface area contributed by atoms with Crippen molar-refractivity contribution in [2.24, 2.45) is 23.7 Å². The van der Waals surface area contributed by atoms with Crippen molar-refractivity contribution in [3.63, 3.8) is 0 Å². The van der Waals surface area contributed by atoms with Crippen molar-refractivity contribution in [2.45, 2.75) is 32.7 Å². The third kappa shape index (κ3) is 7.69. The highest BCUT2D eigenvalue weighted by Gasteiger charge is 2.23. The lowest BCUT2D eigenvalue weighted by molar-refractivity contribution is -0.123. The fraction of sp³-hybridized carbons (Fsp3) is 0.684. The number of nitrogens with zero attached hydrogens (tertiary/aromatic N) is 4. The number of likely N-dealkylation sites (tertiary alicyclic amines) is 1. The van der Waals surface area contributed by atoms with Crippen molar-refractivity contribution in [2.75, 3.05) is 39.8 Å². The van der Waals surface area contributed by atoms with E-state index in [1.54, 1.807) is 0 Å². The molecule has 1 aliphatic rings. The molecule has 1 atom stereocenters. The van der Waals surface area contributed by atoms with Crippen LogP contribution in [0.1, 0.15) is 31.9 Å². The number of guanidine groups is 1. The summed E-state index contributed by atoms with van der Waals surface area (Å²) in [5.74, 6) is 0.785. The van der Waals surface area contributed by atoms with Gasteiger partial charge in [-0.25, -0.2) is 0 Å². The highest BCUT2D eigenvalue weighted by Crippen LogP contribution is 2.16. The summed E-state index contributed by atoms with van der Waals surface area (Å²) in [7, 11) is 4.13. The molecule has 3 N–H and O–H groups in total. The van der Waals surface area contributed by atoms with E-state index in [0.29, 0.717) is 0 Å². The van der Waals surface area contributed by atoms with Crippen molar-refractivity contribution >= 4 is 35.8 Å². The molecule has 0 aromatic carbocycles. The number of aromatic nitrogens is 1. The molecule has 1 aliphatic heterocycles. The van der Waals surface area contributed by atoms with Crippen LogP contribution in [0.3, 0.4) is 0 Å². The molecule has 1 saturated heterocycles. The Morgan fingerprint density at radius 1 is 1.48 bits per heavy atom. The van der Waals surface area contributed by atoms with Gasteiger partial charge in [0, 0.05) is 45.6 Å². The number of rotatable bonds is 8. The van der Waals surface area contributed by atoms with Crippen LogP contribution in [-0.2, 0) is 18.4 Å². The predicted molar refractivity (Wildman–Crippen MR) is 121 cm³/mol. The molecule has 154 valence electrons. The number of nitrogens with one attached hydrogen (secondary N) is 1. The Morgan fingerprint density at radius 2 is 2.26 bits per heavy atom. The molecule has 27 heavy (non-hydrogen) atoms. The van der Waals surface area contributed by atoms with Crippen molar-refractivity contribution in [3.8, 4) is 0 Å². The second-order valence-electron chi connectivity index (χ2n) is 7.10. The van der Waals surface area contributed by atoms with Crippen LogP contribution in [-0.4, -0.2) is 66.0 Å². The molecule has 7 nitrogen and oxygen atoms in total. The van der Waals surface area contributed by atoms with Crippen molar-refractivity contribution in [1.29, 1.82) is 0 Å². The molecule has 1 fully saturated rings. The quantitative estimate of drug-likeness (QED) is 0.251. The Balaban J connectivity index is 0.00000364. The lowest BCUT2D eigenvalue weighted by atomic mass is 9.97. The minimum atomic E-state index is -0.163. The number of carbonyl (C=O) groups excluding carboxylic acids is 1. The molecule has 0 saturated carbocycles. The van der Waals surface area contributed by atoms with Gasteiger partial charge in [-0.2, -0.15) is 0 Å². The Kier molecular flexibility index (Phi) is 10.8. The smallest absolute Gasteiger partial charge is 0.221 e. The average Bonchev–Trinajstić information content (AvgIpc) is 3.02. The van der Waals surface area contributed by atoms with E-state index in [1.165, 1.54) is 5.69 Å². The van der Waals surface area contributed by atoms with Crippen molar-refractivity contribution in [1.82, 2.24) is 19.7 Å². The van der Waals surface area contributed by atoms with Gasteiger partial charge in [0.25, 0.3) is 0 Å². The van der Waals surface area contributed by atoms with Gasteiger partial charge in [-0.15, -0.1) is 24.0 Å². The number of amides is 1. The molecular weight excluding hydrogens is 455 g/mol. The number of hydrogen-bond donors (Lipinski definition) is 2. The molecule has 0 spiro atoms. The fourth-order valence-corrected chi connectivity index (χ4v) is 3.42. The van der Waals surface area contributed by atoms with E-state index in [9.17, 15) is 4.79 Å². The Hall–Kier alpha value is -1.29. The van der Waals surface area contributed by atoms with Crippen LogP contribution in [0.4, 0.5) is 0 Å². The predicted octanol–water partition coefficient (Wildman–Crippen LogP) is 1.63. The maximum atomic E-state index is 11.4. The first kappa shape index (κ1) is 23.7. The van der Waals surface area contributed by atoms with Gasteiger partial charge in [0.2, 0.25) is 5.91 Å². The van der Waals surface area contributed by atoms with E-state index in [4.69, 9.17) is 10.7 Å². The van der Waals surface area contributed by atoms with Gasteiger partial charge in [-0.1, -0.05) is 0 Å². The Morgan fingerprint density at radius 3 is 2.89 bits per heavy atom. The summed E-state index contributed by atoms with van der Waals surface area (Å²) in [5, 5.41) is 3.37. The molecular formula is C19H35IN6O. The molecule has 0 radical (unpaired) electrons. The van der Waals surface area contributed by atoms with E-state index >= 15 is 0 Å². The second-order valence-corrected chi connectivity index (χ2v) is 7.10. The SMILES string of the molecule is CCNC(=NCCCN1CCCC(C(N)=O)C1)N(C)Cc1cccn1C.I. The molecule has 2 rings (SSSR count). The highest BCUT2D eigenvalue weighted by molar-refractivity contribution is 14.0. The van der Waals surface area contributed by atoms with Crippen LogP contribution in [0, 0.1) is 5.92 Å². The van der Waals surface area contributed by atoms with Crippen LogP contribution < -0.4 is 11.1 Å². The number of carbonyl (C=O) groups is 1. The van der Waals surface area contributed by atoms with Gasteiger partial charge in [-0.05, 0) is 51.4 Å².